The highest BCUT2D eigenvalue weighted by molar-refractivity contribution is 6.70. The van der Waals surface area contributed by atoms with E-state index in [1.807, 2.05) is 13.8 Å². The molecule has 0 bridgehead atoms. The molecule has 0 aliphatic heterocycles. The number of ether oxygens (including phenoxy) is 1. The van der Waals surface area contributed by atoms with E-state index in [1.54, 1.807) is 0 Å². The van der Waals surface area contributed by atoms with E-state index in [0.29, 0.717) is 11.3 Å². The summed E-state index contributed by atoms with van der Waals surface area (Å²) < 4.78 is 11.9. The van der Waals surface area contributed by atoms with E-state index < -0.39 is 8.32 Å². The topological polar surface area (TPSA) is 35.5 Å². The van der Waals surface area contributed by atoms with Crippen LogP contribution in [0, 0.1) is 41.5 Å². The predicted octanol–water partition coefficient (Wildman–Crippen LogP) is 6.43. The van der Waals surface area contributed by atoms with Crippen molar-refractivity contribution in [2.45, 2.75) is 61.2 Å². The average molecular weight is 411 g/mol. The molecule has 29 heavy (non-hydrogen) atoms. The van der Waals surface area contributed by atoms with Gasteiger partial charge in [0.05, 0.1) is 7.11 Å². The summed E-state index contributed by atoms with van der Waals surface area (Å²) in [5.41, 5.74) is 9.04. The highest BCUT2D eigenvalue weighted by Crippen LogP contribution is 2.37. The fourth-order valence-electron chi connectivity index (χ4n) is 4.06. The summed E-state index contributed by atoms with van der Waals surface area (Å²) in [6.45, 7) is 18.8. The van der Waals surface area contributed by atoms with Crippen molar-refractivity contribution < 1.29 is 14.0 Å². The second-order valence-electron chi connectivity index (χ2n) is 8.96. The third kappa shape index (κ3) is 5.18. The molecule has 0 unspecified atom stereocenters. The van der Waals surface area contributed by atoms with Crippen molar-refractivity contribution in [3.63, 3.8) is 0 Å². The maximum absolute atomic E-state index is 13.1. The van der Waals surface area contributed by atoms with Gasteiger partial charge in [-0.1, -0.05) is 35.4 Å². The van der Waals surface area contributed by atoms with Crippen molar-refractivity contribution in [3.05, 3.63) is 68.8 Å². The van der Waals surface area contributed by atoms with E-state index in [-0.39, 0.29) is 5.97 Å². The zero-order chi connectivity index (χ0) is 22.1. The summed E-state index contributed by atoms with van der Waals surface area (Å²) in [4.78, 5) is 13.1. The average Bonchev–Trinajstić information content (AvgIpc) is 2.54. The summed E-state index contributed by atoms with van der Waals surface area (Å²) in [7, 11) is -0.595. The second-order valence-corrected chi connectivity index (χ2v) is 13.4. The predicted molar refractivity (Wildman–Crippen MR) is 125 cm³/mol. The zero-order valence-electron chi connectivity index (χ0n) is 19.5. The minimum Gasteiger partial charge on any atom is -0.543 e. The molecule has 0 saturated carbocycles. The van der Waals surface area contributed by atoms with Crippen LogP contribution in [0.2, 0.25) is 19.6 Å². The Labute approximate surface area is 176 Å². The summed E-state index contributed by atoms with van der Waals surface area (Å²) in [5.74, 6) is 0.272. The fraction of sp³-hybridized carbons (Fsp3) is 0.400. The maximum Gasteiger partial charge on any atom is 0.342 e. The molecular weight excluding hydrogens is 376 g/mol. The number of methoxy groups -OCH3 is 1. The van der Waals surface area contributed by atoms with Crippen LogP contribution < -0.4 is 0 Å². The van der Waals surface area contributed by atoms with Gasteiger partial charge in [0.1, 0.15) is 11.3 Å². The van der Waals surface area contributed by atoms with Crippen molar-refractivity contribution in [1.29, 1.82) is 0 Å². The fourth-order valence-corrected chi connectivity index (χ4v) is 4.87. The number of esters is 1. The maximum atomic E-state index is 13.1. The summed E-state index contributed by atoms with van der Waals surface area (Å²) in [6, 6.07) is 8.48. The molecule has 156 valence electrons. The highest BCUT2D eigenvalue weighted by atomic mass is 28.4. The molecule has 0 heterocycles. The molecule has 2 aromatic carbocycles. The lowest BCUT2D eigenvalue weighted by Gasteiger charge is -2.27. The smallest absolute Gasteiger partial charge is 0.342 e. The van der Waals surface area contributed by atoms with Crippen LogP contribution in [0.3, 0.4) is 0 Å². The molecule has 3 nitrogen and oxygen atoms in total. The van der Waals surface area contributed by atoms with Gasteiger partial charge in [-0.15, -0.1) is 0 Å². The van der Waals surface area contributed by atoms with Crippen LogP contribution in [0.5, 0.6) is 0 Å². The van der Waals surface area contributed by atoms with Crippen molar-refractivity contribution in [2.75, 3.05) is 7.11 Å². The molecule has 2 rings (SSSR count). The molecule has 0 aliphatic rings. The van der Waals surface area contributed by atoms with Crippen molar-refractivity contribution >= 4 is 25.6 Å². The first-order valence-electron chi connectivity index (χ1n) is 10.0. The normalized spacial score (nSPS) is 12.5. The van der Waals surface area contributed by atoms with E-state index in [2.05, 4.69) is 71.6 Å². The number of carbonyl (C=O) groups excluding carboxylic acids is 1. The lowest BCUT2D eigenvalue weighted by molar-refractivity contribution is -0.133. The highest BCUT2D eigenvalue weighted by Gasteiger charge is 2.30. The Hall–Kier alpha value is -2.33. The zero-order valence-corrected chi connectivity index (χ0v) is 20.5. The van der Waals surface area contributed by atoms with Gasteiger partial charge in [-0.25, -0.2) is 4.79 Å². The molecule has 0 amide bonds. The lowest BCUT2D eigenvalue weighted by atomic mass is 9.89. The molecule has 0 atom stereocenters. The Morgan fingerprint density at radius 2 is 1.10 bits per heavy atom. The van der Waals surface area contributed by atoms with Gasteiger partial charge in [-0.05, 0) is 89.0 Å². The van der Waals surface area contributed by atoms with Gasteiger partial charge in [0.2, 0.25) is 8.32 Å². The third-order valence-electron chi connectivity index (χ3n) is 4.86. The molecule has 0 radical (unpaired) electrons. The molecule has 0 saturated heterocycles. The van der Waals surface area contributed by atoms with Gasteiger partial charge < -0.3 is 9.16 Å². The number of aryl methyl sites for hydroxylation is 6. The van der Waals surface area contributed by atoms with E-state index in [4.69, 9.17) is 9.16 Å². The van der Waals surface area contributed by atoms with Gasteiger partial charge in [-0.2, -0.15) is 0 Å². The van der Waals surface area contributed by atoms with Gasteiger partial charge in [0.15, 0.2) is 0 Å². The van der Waals surface area contributed by atoms with Crippen LogP contribution in [0.15, 0.2) is 24.3 Å². The number of hydrogen-bond donors (Lipinski definition) is 0. The van der Waals surface area contributed by atoms with Crippen LogP contribution in [0.1, 0.15) is 44.5 Å². The quantitative estimate of drug-likeness (QED) is 0.187. The number of rotatable bonds is 5. The van der Waals surface area contributed by atoms with Crippen LogP contribution in [-0.4, -0.2) is 21.4 Å². The Morgan fingerprint density at radius 3 is 1.45 bits per heavy atom. The number of hydrogen-bond acceptors (Lipinski definition) is 3. The second kappa shape index (κ2) is 8.58. The summed E-state index contributed by atoms with van der Waals surface area (Å²) >= 11 is 0. The summed E-state index contributed by atoms with van der Waals surface area (Å²) in [6.07, 6.45) is 0. The molecule has 0 aliphatic carbocycles. The first kappa shape index (κ1) is 23.0. The first-order valence-corrected chi connectivity index (χ1v) is 13.4. The molecule has 2 aromatic rings. The van der Waals surface area contributed by atoms with Crippen LogP contribution in [-0.2, 0) is 14.0 Å². The SMILES string of the molecule is COC(=O)/C(=C(/O[Si](C)(C)C)c1c(C)cc(C)cc1C)c1c(C)cc(C)cc1C. The minimum atomic E-state index is -2.03. The Bertz CT molecular complexity index is 932. The van der Waals surface area contributed by atoms with E-state index in [0.717, 1.165) is 33.4 Å². The van der Waals surface area contributed by atoms with Crippen molar-refractivity contribution in [1.82, 2.24) is 0 Å². The van der Waals surface area contributed by atoms with Gasteiger partial charge >= 0.3 is 5.97 Å². The third-order valence-corrected chi connectivity index (χ3v) is 5.67. The molecule has 0 aromatic heterocycles. The van der Waals surface area contributed by atoms with E-state index >= 15 is 0 Å². The summed E-state index contributed by atoms with van der Waals surface area (Å²) in [5, 5.41) is 0. The van der Waals surface area contributed by atoms with E-state index in [1.165, 1.54) is 18.2 Å². The van der Waals surface area contributed by atoms with Gasteiger partial charge in [0, 0.05) is 5.56 Å². The van der Waals surface area contributed by atoms with E-state index in [9.17, 15) is 4.79 Å². The standard InChI is InChI=1S/C25H34O3Si/c1-15-11-17(3)21(18(4)12-15)23(25(26)27-7)24(28-29(8,9)10)22-19(5)13-16(2)14-20(22)6/h11-14H,1-10H3/b24-23+. The van der Waals surface area contributed by atoms with Crippen LogP contribution in [0.4, 0.5) is 0 Å². The van der Waals surface area contributed by atoms with Crippen molar-refractivity contribution in [2.24, 2.45) is 0 Å². The number of benzene rings is 2. The Balaban J connectivity index is 3.04. The Morgan fingerprint density at radius 1 is 0.724 bits per heavy atom. The van der Waals surface area contributed by atoms with Gasteiger partial charge in [0.25, 0.3) is 0 Å². The first-order chi connectivity index (χ1) is 13.4. The monoisotopic (exact) mass is 410 g/mol. The minimum absolute atomic E-state index is 0.368. The molecular formula is C25H34O3Si. The van der Waals surface area contributed by atoms with Crippen molar-refractivity contribution in [3.8, 4) is 0 Å². The lowest BCUT2D eigenvalue weighted by Crippen LogP contribution is -2.26. The molecule has 0 fully saturated rings. The van der Waals surface area contributed by atoms with Crippen LogP contribution >= 0.6 is 0 Å². The largest absolute Gasteiger partial charge is 0.543 e. The van der Waals surface area contributed by atoms with Crippen LogP contribution in [0.25, 0.3) is 11.3 Å². The molecule has 0 N–H and O–H groups in total. The molecule has 4 heteroatoms. The molecule has 0 spiro atoms. The number of carbonyl (C=O) groups is 1. The Kier molecular flexibility index (Phi) is 6.79. The van der Waals surface area contributed by atoms with Gasteiger partial charge in [-0.3, -0.25) is 0 Å².